The molecule has 3 aromatic carbocycles. The van der Waals surface area contributed by atoms with Crippen LogP contribution < -0.4 is 0 Å². The van der Waals surface area contributed by atoms with E-state index in [1.54, 1.807) is 0 Å². The second-order valence-corrected chi connectivity index (χ2v) is 7.73. The van der Waals surface area contributed by atoms with Crippen LogP contribution in [0.5, 0.6) is 0 Å². The summed E-state index contributed by atoms with van der Waals surface area (Å²) in [5, 5.41) is -0.740. The zero-order valence-electron chi connectivity index (χ0n) is 14.4. The Morgan fingerprint density at radius 3 is 1.75 bits per heavy atom. The van der Waals surface area contributed by atoms with E-state index in [1.165, 1.54) is 60.7 Å². The number of hydrogen-bond acceptors (Lipinski definition) is 1. The molecule has 0 aliphatic heterocycles. The summed E-state index contributed by atoms with van der Waals surface area (Å²) in [5.41, 5.74) is 0.501. The minimum atomic E-state index is -4.50. The van der Waals surface area contributed by atoms with Crippen molar-refractivity contribution in [2.45, 2.75) is 17.2 Å². The number of benzene rings is 3. The standard InChI is InChI=1S/C21H15F5OS/c22-18-8-4-15(5-9-18)20(16-6-10-19(23)11-7-16)28(27)13-14-2-1-3-17(12-14)21(24,25)26/h1-12,20H,13H2. The van der Waals surface area contributed by atoms with Crippen molar-refractivity contribution in [3.63, 3.8) is 0 Å². The van der Waals surface area contributed by atoms with E-state index in [2.05, 4.69) is 0 Å². The first-order chi connectivity index (χ1) is 13.2. The molecule has 0 spiro atoms. The summed E-state index contributed by atoms with van der Waals surface area (Å²) in [6.45, 7) is 0. The lowest BCUT2D eigenvalue weighted by Gasteiger charge is -2.18. The van der Waals surface area contributed by atoms with Crippen LogP contribution in [0.15, 0.2) is 72.8 Å². The highest BCUT2D eigenvalue weighted by Crippen LogP contribution is 2.33. The molecule has 3 rings (SSSR count). The van der Waals surface area contributed by atoms with Crippen LogP contribution in [-0.2, 0) is 22.7 Å². The average Bonchev–Trinajstić information content (AvgIpc) is 2.65. The third-order valence-corrected chi connectivity index (χ3v) is 5.86. The van der Waals surface area contributed by atoms with Gasteiger partial charge in [-0.05, 0) is 47.0 Å². The average molecular weight is 410 g/mol. The summed E-state index contributed by atoms with van der Waals surface area (Å²) in [5.74, 6) is -1.07. The molecule has 0 bridgehead atoms. The third-order valence-electron chi connectivity index (χ3n) is 4.17. The second kappa shape index (κ2) is 8.22. The summed E-state index contributed by atoms with van der Waals surface area (Å²) < 4.78 is 78.4. The molecule has 146 valence electrons. The van der Waals surface area contributed by atoms with E-state index in [0.29, 0.717) is 11.1 Å². The van der Waals surface area contributed by atoms with Gasteiger partial charge in [0.2, 0.25) is 0 Å². The van der Waals surface area contributed by atoms with Crippen molar-refractivity contribution in [3.05, 3.63) is 107 Å². The first-order valence-electron chi connectivity index (χ1n) is 8.28. The SMILES string of the molecule is O=S(Cc1cccc(C(F)(F)F)c1)C(c1ccc(F)cc1)c1ccc(F)cc1. The Morgan fingerprint density at radius 2 is 1.29 bits per heavy atom. The maximum absolute atomic E-state index is 13.3. The molecular formula is C21H15F5OS. The van der Waals surface area contributed by atoms with Crippen LogP contribution in [0, 0.1) is 11.6 Å². The summed E-state index contributed by atoms with van der Waals surface area (Å²) in [6, 6.07) is 15.4. The molecule has 0 saturated carbocycles. The van der Waals surface area contributed by atoms with E-state index >= 15 is 0 Å². The van der Waals surface area contributed by atoms with Crippen molar-refractivity contribution in [1.29, 1.82) is 0 Å². The molecule has 0 radical (unpaired) electrons. The number of alkyl halides is 3. The van der Waals surface area contributed by atoms with Crippen molar-refractivity contribution >= 4 is 10.8 Å². The van der Waals surface area contributed by atoms with E-state index in [9.17, 15) is 26.2 Å². The van der Waals surface area contributed by atoms with Gasteiger partial charge in [0.15, 0.2) is 0 Å². The Morgan fingerprint density at radius 1 is 0.786 bits per heavy atom. The van der Waals surface area contributed by atoms with E-state index in [1.807, 2.05) is 0 Å². The van der Waals surface area contributed by atoms with Gasteiger partial charge in [-0.1, -0.05) is 42.5 Å². The van der Waals surface area contributed by atoms with Gasteiger partial charge in [-0.15, -0.1) is 0 Å². The first-order valence-corrected chi connectivity index (χ1v) is 9.66. The molecule has 3 aromatic rings. The van der Waals surface area contributed by atoms with Crippen molar-refractivity contribution < 1.29 is 26.2 Å². The Hall–Kier alpha value is -2.54. The van der Waals surface area contributed by atoms with Gasteiger partial charge in [-0.2, -0.15) is 13.2 Å². The second-order valence-electron chi connectivity index (χ2n) is 6.21. The van der Waals surface area contributed by atoms with Crippen LogP contribution in [-0.4, -0.2) is 4.21 Å². The molecule has 0 amide bonds. The zero-order chi connectivity index (χ0) is 20.3. The van der Waals surface area contributed by atoms with Crippen LogP contribution in [0.4, 0.5) is 22.0 Å². The Balaban J connectivity index is 1.95. The van der Waals surface area contributed by atoms with E-state index < -0.39 is 39.4 Å². The normalized spacial score (nSPS) is 12.9. The highest BCUT2D eigenvalue weighted by Gasteiger charge is 2.30. The molecule has 1 nitrogen and oxygen atoms in total. The first kappa shape index (κ1) is 20.2. The predicted molar refractivity (Wildman–Crippen MR) is 97.9 cm³/mol. The lowest BCUT2D eigenvalue weighted by molar-refractivity contribution is -0.137. The molecule has 0 aliphatic rings. The molecule has 0 aromatic heterocycles. The van der Waals surface area contributed by atoms with Crippen molar-refractivity contribution in [1.82, 2.24) is 0 Å². The zero-order valence-corrected chi connectivity index (χ0v) is 15.2. The molecular weight excluding hydrogens is 395 g/mol. The number of hydrogen-bond donors (Lipinski definition) is 0. The minimum absolute atomic E-state index is 0.136. The summed E-state index contributed by atoms with van der Waals surface area (Å²) in [7, 11) is -1.67. The number of rotatable bonds is 5. The van der Waals surface area contributed by atoms with E-state index in [4.69, 9.17) is 0 Å². The minimum Gasteiger partial charge on any atom is -0.258 e. The van der Waals surface area contributed by atoms with Gasteiger partial charge in [-0.3, -0.25) is 4.21 Å². The smallest absolute Gasteiger partial charge is 0.258 e. The largest absolute Gasteiger partial charge is 0.416 e. The fraction of sp³-hybridized carbons (Fsp3) is 0.143. The third kappa shape index (κ3) is 4.84. The van der Waals surface area contributed by atoms with Crippen LogP contribution in [0.2, 0.25) is 0 Å². The van der Waals surface area contributed by atoms with E-state index in [0.717, 1.165) is 12.1 Å². The maximum Gasteiger partial charge on any atom is 0.416 e. The quantitative estimate of drug-likeness (QED) is 0.470. The summed E-state index contributed by atoms with van der Waals surface area (Å²) in [4.78, 5) is 0. The molecule has 1 unspecified atom stereocenters. The Bertz CT molecular complexity index is 920. The van der Waals surface area contributed by atoms with Crippen molar-refractivity contribution in [2.75, 3.05) is 0 Å². The van der Waals surface area contributed by atoms with Crippen LogP contribution in [0.25, 0.3) is 0 Å². The molecule has 0 aliphatic carbocycles. The molecule has 28 heavy (non-hydrogen) atoms. The van der Waals surface area contributed by atoms with E-state index in [-0.39, 0.29) is 11.3 Å². The molecule has 0 heterocycles. The fourth-order valence-corrected chi connectivity index (χ4v) is 4.45. The molecule has 0 saturated heterocycles. The van der Waals surface area contributed by atoms with Crippen LogP contribution in [0.1, 0.15) is 27.5 Å². The highest BCUT2D eigenvalue weighted by molar-refractivity contribution is 7.84. The molecule has 7 heteroatoms. The van der Waals surface area contributed by atoms with Gasteiger partial charge < -0.3 is 0 Å². The lowest BCUT2D eigenvalue weighted by atomic mass is 10.0. The van der Waals surface area contributed by atoms with Crippen molar-refractivity contribution in [2.24, 2.45) is 0 Å². The molecule has 1 atom stereocenters. The summed E-state index contributed by atoms with van der Waals surface area (Å²) >= 11 is 0. The Labute approximate surface area is 161 Å². The Kier molecular flexibility index (Phi) is 5.93. The maximum atomic E-state index is 13.3. The fourth-order valence-electron chi connectivity index (χ4n) is 2.86. The van der Waals surface area contributed by atoms with Gasteiger partial charge in [0.1, 0.15) is 11.6 Å². The van der Waals surface area contributed by atoms with Crippen molar-refractivity contribution in [3.8, 4) is 0 Å². The van der Waals surface area contributed by atoms with Gasteiger partial charge in [-0.25, -0.2) is 8.78 Å². The van der Waals surface area contributed by atoms with Gasteiger partial charge in [0.05, 0.1) is 10.8 Å². The van der Waals surface area contributed by atoms with Crippen LogP contribution >= 0.6 is 0 Å². The van der Waals surface area contributed by atoms with Gasteiger partial charge in [0.25, 0.3) is 0 Å². The van der Waals surface area contributed by atoms with Crippen LogP contribution in [0.3, 0.4) is 0 Å². The molecule has 0 fully saturated rings. The highest BCUT2D eigenvalue weighted by atomic mass is 32.2. The van der Waals surface area contributed by atoms with Gasteiger partial charge >= 0.3 is 6.18 Å². The molecule has 0 N–H and O–H groups in total. The summed E-state index contributed by atoms with van der Waals surface area (Å²) in [6.07, 6.45) is -4.50. The monoisotopic (exact) mass is 410 g/mol. The topological polar surface area (TPSA) is 17.1 Å². The lowest BCUT2D eigenvalue weighted by Crippen LogP contribution is -2.12. The van der Waals surface area contributed by atoms with Gasteiger partial charge in [0, 0.05) is 16.6 Å². The number of halogens is 5. The predicted octanol–water partition coefficient (Wildman–Crippen LogP) is 6.02.